The number of hydrogen-bond donors (Lipinski definition) is 0. The minimum absolute atomic E-state index is 0.0385. The fraction of sp³-hybridized carbons (Fsp3) is 0.400. The highest BCUT2D eigenvalue weighted by Gasteiger charge is 2.30. The lowest BCUT2D eigenvalue weighted by Gasteiger charge is -2.32. The second kappa shape index (κ2) is 17.1. The summed E-state index contributed by atoms with van der Waals surface area (Å²) in [7, 11) is 2.47. The molecule has 6 aromatic carbocycles. The van der Waals surface area contributed by atoms with Crippen LogP contribution in [-0.4, -0.2) is 11.6 Å². The summed E-state index contributed by atoms with van der Waals surface area (Å²) in [5.74, 6) is 4.81. The van der Waals surface area contributed by atoms with Gasteiger partial charge < -0.3 is 0 Å². The van der Waals surface area contributed by atoms with Crippen molar-refractivity contribution in [3.8, 4) is 22.3 Å². The first kappa shape index (κ1) is 47.4. The average Bonchev–Trinajstić information content (AvgIpc) is 3.16. The van der Waals surface area contributed by atoms with Crippen molar-refractivity contribution in [1.82, 2.24) is 0 Å². The van der Waals surface area contributed by atoms with Gasteiger partial charge in [-0.25, -0.2) is 0 Å². The summed E-state index contributed by atoms with van der Waals surface area (Å²) in [5, 5.41) is 5.45. The molecule has 0 aliphatic carbocycles. The summed E-state index contributed by atoms with van der Waals surface area (Å²) in [6.07, 6.45) is 0. The Morgan fingerprint density at radius 1 is 0.339 bits per heavy atom. The van der Waals surface area contributed by atoms with E-state index in [0.29, 0.717) is 0 Å². The summed E-state index contributed by atoms with van der Waals surface area (Å²) >= 11 is 0. The first-order chi connectivity index (χ1) is 28.5. The molecule has 0 heterocycles. The van der Waals surface area contributed by atoms with Crippen molar-refractivity contribution in [3.05, 3.63) is 154 Å². The van der Waals surface area contributed by atoms with Crippen molar-refractivity contribution >= 4 is 49.4 Å². The number of benzene rings is 6. The predicted molar refractivity (Wildman–Crippen MR) is 283 cm³/mol. The summed E-state index contributed by atoms with van der Waals surface area (Å²) in [6.45, 7) is 42.3. The predicted octanol–water partition coefficient (Wildman–Crippen LogP) is 16.8. The molecule has 0 saturated heterocycles. The van der Waals surface area contributed by atoms with Crippen LogP contribution >= 0.6 is 16.4 Å². The van der Waals surface area contributed by atoms with E-state index in [1.165, 1.54) is 105 Å². The van der Waals surface area contributed by atoms with Gasteiger partial charge in [0, 0.05) is 10.6 Å². The van der Waals surface area contributed by atoms with E-state index < -0.39 is 0 Å². The Hall–Kier alpha value is -4.08. The lowest BCUT2D eigenvalue weighted by atomic mass is 9.75. The molecule has 324 valence electrons. The van der Waals surface area contributed by atoms with E-state index in [2.05, 4.69) is 245 Å². The maximum atomic E-state index is 2.48. The summed E-state index contributed by atoms with van der Waals surface area (Å²) in [5.41, 5.74) is 16.5. The second-order valence-electron chi connectivity index (χ2n) is 23.8. The molecule has 6 rings (SSSR count). The van der Waals surface area contributed by atoms with E-state index in [1.54, 1.807) is 0 Å². The van der Waals surface area contributed by atoms with Gasteiger partial charge in [0.2, 0.25) is 0 Å². The molecule has 0 N–H and O–H groups in total. The average molecular weight is 857 g/mol. The third-order valence-corrected chi connectivity index (χ3v) is 14.6. The molecule has 0 aliphatic rings. The van der Waals surface area contributed by atoms with E-state index in [9.17, 15) is 0 Å². The van der Waals surface area contributed by atoms with E-state index in [-0.39, 0.29) is 32.5 Å². The molecule has 0 atom stereocenters. The smallest absolute Gasteiger partial charge is 0.00929 e. The van der Waals surface area contributed by atoms with Gasteiger partial charge in [0.25, 0.3) is 0 Å². The van der Waals surface area contributed by atoms with Crippen LogP contribution in [0.15, 0.2) is 109 Å². The zero-order valence-corrected chi connectivity index (χ0v) is 43.2. The molecule has 0 bridgehead atoms. The topological polar surface area (TPSA) is 0 Å². The van der Waals surface area contributed by atoms with E-state index in [1.807, 2.05) is 0 Å². The molecule has 0 spiro atoms. The first-order valence-electron chi connectivity index (χ1n) is 22.7. The van der Waals surface area contributed by atoms with Crippen molar-refractivity contribution in [2.75, 3.05) is 0 Å². The minimum Gasteiger partial charge on any atom is -0.0672 e. The van der Waals surface area contributed by atoms with Gasteiger partial charge in [0.15, 0.2) is 0 Å². The van der Waals surface area contributed by atoms with Crippen molar-refractivity contribution in [2.24, 2.45) is 0 Å². The highest BCUT2D eigenvalue weighted by atomic mass is 31.1. The Bertz CT molecular complexity index is 2370. The van der Waals surface area contributed by atoms with Crippen LogP contribution in [0.2, 0.25) is 0 Å². The Morgan fingerprint density at radius 2 is 0.629 bits per heavy atom. The van der Waals surface area contributed by atoms with Crippen LogP contribution in [0.3, 0.4) is 0 Å². The Balaban J connectivity index is 1.35. The van der Waals surface area contributed by atoms with Gasteiger partial charge in [0.1, 0.15) is 0 Å². The Morgan fingerprint density at radius 3 is 0.887 bits per heavy atom. The van der Waals surface area contributed by atoms with Gasteiger partial charge in [-0.2, -0.15) is 0 Å². The quantitative estimate of drug-likeness (QED) is 0.146. The maximum Gasteiger partial charge on any atom is 0.00929 e. The lowest BCUT2D eigenvalue weighted by Crippen LogP contribution is -2.29. The Kier molecular flexibility index (Phi) is 13.1. The molecule has 0 nitrogen and oxygen atoms in total. The lowest BCUT2D eigenvalue weighted by molar-refractivity contribution is 0.553. The zero-order valence-electron chi connectivity index (χ0n) is 41.4. The maximum absolute atomic E-state index is 2.48. The van der Waals surface area contributed by atoms with Crippen molar-refractivity contribution in [1.29, 1.82) is 0 Å². The minimum atomic E-state index is 0.0385. The van der Waals surface area contributed by atoms with Crippen LogP contribution in [0.1, 0.15) is 169 Å². The summed E-state index contributed by atoms with van der Waals surface area (Å²) < 4.78 is 0. The third kappa shape index (κ3) is 10.6. The second-order valence-corrected chi connectivity index (χ2v) is 25.7. The molecule has 0 radical (unpaired) electrons. The standard InChI is InChI=1S/C60H74P2/c1-55(2,3)44-33-48(57(7,8)9)53(49(34-44)58(10,11)12)61-37-39-25-29-41(30-26-39)46-23-19-21-43-22-20-24-47(52(43)46)42-31-27-40(28-32-42)38-62-54-50(59(13,14)15)35-45(56(4,5)6)36-51(54)60(16,17)18/h19-38H,1-18H3. The number of hydrogen-bond acceptors (Lipinski definition) is 0. The molecule has 0 fully saturated rings. The molecule has 0 aromatic heterocycles. The molecule has 0 saturated carbocycles. The SMILES string of the molecule is CC(C)(C)c1cc(C(C)(C)C)c(P=Cc2ccc(-c3cccc4cccc(-c5ccc(C=Pc6c(C(C)(C)C)cc(C(C)(C)C)cc6C(C)(C)C)cc5)c34)cc2)c(C(C)(C)C)c1. The molecule has 6 aromatic rings. The van der Waals surface area contributed by atoms with Crippen LogP contribution in [0.25, 0.3) is 33.0 Å². The zero-order chi connectivity index (χ0) is 45.8. The van der Waals surface area contributed by atoms with Crippen molar-refractivity contribution in [2.45, 2.75) is 157 Å². The van der Waals surface area contributed by atoms with Crippen molar-refractivity contribution < 1.29 is 0 Å². The molecule has 62 heavy (non-hydrogen) atoms. The highest BCUT2D eigenvalue weighted by molar-refractivity contribution is 7.48. The van der Waals surface area contributed by atoms with Gasteiger partial charge in [-0.05, 0) is 122 Å². The van der Waals surface area contributed by atoms with Crippen molar-refractivity contribution in [3.63, 3.8) is 0 Å². The van der Waals surface area contributed by atoms with E-state index in [4.69, 9.17) is 0 Å². The van der Waals surface area contributed by atoms with Gasteiger partial charge in [-0.3, -0.25) is 0 Å². The Labute approximate surface area is 380 Å². The molecular weight excluding hydrogens is 783 g/mol. The molecule has 2 heteroatoms. The molecule has 0 amide bonds. The van der Waals surface area contributed by atoms with Crippen LogP contribution in [0.4, 0.5) is 0 Å². The summed E-state index contributed by atoms with van der Waals surface area (Å²) in [4.78, 5) is 0. The molecule has 0 unspecified atom stereocenters. The largest absolute Gasteiger partial charge is 0.0672 e. The number of rotatable bonds is 6. The van der Waals surface area contributed by atoms with Crippen LogP contribution in [0, 0.1) is 0 Å². The van der Waals surface area contributed by atoms with Crippen LogP contribution in [-0.2, 0) is 32.5 Å². The highest BCUT2D eigenvalue weighted by Crippen LogP contribution is 2.39. The van der Waals surface area contributed by atoms with Gasteiger partial charge in [-0.1, -0.05) is 250 Å². The molecule has 0 aliphatic heterocycles. The fourth-order valence-electron chi connectivity index (χ4n) is 8.30. The third-order valence-electron chi connectivity index (χ3n) is 12.2. The summed E-state index contributed by atoms with van der Waals surface area (Å²) in [6, 6.07) is 41.9. The van der Waals surface area contributed by atoms with E-state index >= 15 is 0 Å². The van der Waals surface area contributed by atoms with Gasteiger partial charge >= 0.3 is 0 Å². The van der Waals surface area contributed by atoms with Gasteiger partial charge in [0.05, 0.1) is 0 Å². The van der Waals surface area contributed by atoms with Gasteiger partial charge in [-0.15, -0.1) is 0 Å². The monoisotopic (exact) mass is 857 g/mol. The van der Waals surface area contributed by atoms with Crippen LogP contribution < -0.4 is 10.6 Å². The normalized spacial score (nSPS) is 13.5. The molecular formula is C60H74P2. The fourth-order valence-corrected chi connectivity index (χ4v) is 11.4. The first-order valence-corrected chi connectivity index (χ1v) is 24.7. The van der Waals surface area contributed by atoms with Crippen LogP contribution in [0.5, 0.6) is 0 Å². The van der Waals surface area contributed by atoms with E-state index in [0.717, 1.165) is 0 Å². The number of fused-ring (bicyclic) bond motifs is 1.